The number of hydrogen-bond donors (Lipinski definition) is 0. The second kappa shape index (κ2) is 13.8. The van der Waals surface area contributed by atoms with Gasteiger partial charge in [0.25, 0.3) is 5.91 Å². The quantitative estimate of drug-likeness (QED) is 0.158. The number of likely N-dealkylation sites (tertiary alicyclic amines) is 1. The van der Waals surface area contributed by atoms with Gasteiger partial charge in [0.2, 0.25) is 0 Å². The van der Waals surface area contributed by atoms with Crippen LogP contribution in [-0.4, -0.2) is 38.8 Å². The maximum Gasteiger partial charge on any atom is 0.286 e. The van der Waals surface area contributed by atoms with Crippen LogP contribution in [0.3, 0.4) is 0 Å². The Morgan fingerprint density at radius 3 is 2.30 bits per heavy atom. The van der Waals surface area contributed by atoms with E-state index in [1.165, 1.54) is 17.3 Å². The number of amidine groups is 1. The molecule has 2 aliphatic rings. The number of thioether (sulfide) groups is 1. The summed E-state index contributed by atoms with van der Waals surface area (Å²) in [4.78, 5) is 20.5. The predicted octanol–water partition coefficient (Wildman–Crippen LogP) is 8.70. The molecule has 8 heteroatoms. The largest absolute Gasteiger partial charge is 0.489 e. The van der Waals surface area contributed by atoms with Gasteiger partial charge in [-0.25, -0.2) is 4.68 Å². The fourth-order valence-electron chi connectivity index (χ4n) is 5.87. The summed E-state index contributed by atoms with van der Waals surface area (Å²) in [5.74, 6) is 1.18. The van der Waals surface area contributed by atoms with E-state index >= 15 is 0 Å². The first-order valence-corrected chi connectivity index (χ1v) is 16.7. The summed E-state index contributed by atoms with van der Waals surface area (Å²) in [5, 5.41) is 6.43. The summed E-state index contributed by atoms with van der Waals surface area (Å²) in [5.41, 5.74) is 5.80. The molecule has 0 atom stereocenters. The second-order valence-corrected chi connectivity index (χ2v) is 13.0. The van der Waals surface area contributed by atoms with Crippen LogP contribution in [-0.2, 0) is 17.8 Å². The molecule has 0 unspecified atom stereocenters. The molecule has 46 heavy (non-hydrogen) atoms. The number of ether oxygens (including phenoxy) is 1. The molecule has 7 rings (SSSR count). The molecule has 0 bridgehead atoms. The summed E-state index contributed by atoms with van der Waals surface area (Å²) < 4.78 is 7.86. The van der Waals surface area contributed by atoms with Gasteiger partial charge >= 0.3 is 0 Å². The predicted molar refractivity (Wildman–Crippen MR) is 187 cm³/mol. The van der Waals surface area contributed by atoms with Gasteiger partial charge in [-0.15, -0.1) is 0 Å². The second-order valence-electron chi connectivity index (χ2n) is 11.5. The van der Waals surface area contributed by atoms with Crippen molar-refractivity contribution in [3.63, 3.8) is 0 Å². The number of hydrogen-bond acceptors (Lipinski definition) is 5. The number of aliphatic imine (C=N–C) groups is 1. The van der Waals surface area contributed by atoms with E-state index in [9.17, 15) is 4.79 Å². The van der Waals surface area contributed by atoms with E-state index < -0.39 is 0 Å². The van der Waals surface area contributed by atoms with Crippen molar-refractivity contribution in [2.45, 2.75) is 25.9 Å². The molecular formula is C38H33ClN4O2S. The summed E-state index contributed by atoms with van der Waals surface area (Å²) in [6.45, 7) is 2.20. The van der Waals surface area contributed by atoms with Crippen LogP contribution in [0.15, 0.2) is 125 Å². The van der Waals surface area contributed by atoms with Crippen LogP contribution >= 0.6 is 23.4 Å². The van der Waals surface area contributed by atoms with Gasteiger partial charge in [-0.05, 0) is 91.0 Å². The van der Waals surface area contributed by atoms with Gasteiger partial charge < -0.3 is 9.64 Å². The van der Waals surface area contributed by atoms with E-state index in [4.69, 9.17) is 21.4 Å². The number of carbonyl (C=O) groups is 1. The number of aromatic nitrogens is 2. The van der Waals surface area contributed by atoms with Gasteiger partial charge in [0, 0.05) is 41.0 Å². The lowest BCUT2D eigenvalue weighted by atomic mass is 9.90. The molecule has 2 aliphatic heterocycles. The highest BCUT2D eigenvalue weighted by Crippen LogP contribution is 2.35. The normalized spacial score (nSPS) is 16.2. The van der Waals surface area contributed by atoms with Crippen LogP contribution in [0.5, 0.6) is 5.75 Å². The number of benzene rings is 4. The SMILES string of the molecule is O=C1N=C(N2CCC(Cc3ccccc3)CC2)S/C1=C\c1cn(-c2ccccc2)nc1-c1ccc(OCc2ccccc2Cl)cc1. The van der Waals surface area contributed by atoms with Crippen molar-refractivity contribution in [3.8, 4) is 22.7 Å². The fourth-order valence-corrected chi connectivity index (χ4v) is 7.01. The molecule has 6 nitrogen and oxygen atoms in total. The zero-order valence-electron chi connectivity index (χ0n) is 25.3. The minimum absolute atomic E-state index is 0.201. The smallest absolute Gasteiger partial charge is 0.286 e. The van der Waals surface area contributed by atoms with Gasteiger partial charge in [-0.2, -0.15) is 10.1 Å². The minimum atomic E-state index is -0.201. The molecule has 3 heterocycles. The van der Waals surface area contributed by atoms with Gasteiger partial charge in [-0.1, -0.05) is 78.3 Å². The molecule has 1 fully saturated rings. The van der Waals surface area contributed by atoms with Crippen molar-refractivity contribution in [3.05, 3.63) is 142 Å². The van der Waals surface area contributed by atoms with Crippen LogP contribution < -0.4 is 4.74 Å². The Morgan fingerprint density at radius 1 is 0.870 bits per heavy atom. The molecule has 0 aliphatic carbocycles. The molecule has 1 aromatic heterocycles. The molecule has 0 N–H and O–H groups in total. The number of piperidine rings is 1. The molecular weight excluding hydrogens is 612 g/mol. The van der Waals surface area contributed by atoms with Crippen LogP contribution in [0.2, 0.25) is 5.02 Å². The third-order valence-corrected chi connectivity index (χ3v) is 9.80. The molecule has 230 valence electrons. The third-order valence-electron chi connectivity index (χ3n) is 8.39. The minimum Gasteiger partial charge on any atom is -0.489 e. The summed E-state index contributed by atoms with van der Waals surface area (Å²) >= 11 is 7.76. The highest BCUT2D eigenvalue weighted by molar-refractivity contribution is 8.18. The third kappa shape index (κ3) is 6.96. The highest BCUT2D eigenvalue weighted by Gasteiger charge is 2.29. The Morgan fingerprint density at radius 2 is 1.57 bits per heavy atom. The Kier molecular flexibility index (Phi) is 9.03. The molecule has 5 aromatic rings. The molecule has 1 saturated heterocycles. The Balaban J connectivity index is 1.08. The molecule has 0 spiro atoms. The van der Waals surface area contributed by atoms with E-state index in [-0.39, 0.29) is 5.91 Å². The average Bonchev–Trinajstić information content (AvgIpc) is 3.69. The molecule has 1 amide bonds. The average molecular weight is 645 g/mol. The number of amides is 1. The Bertz CT molecular complexity index is 1880. The van der Waals surface area contributed by atoms with Gasteiger partial charge in [0.15, 0.2) is 5.17 Å². The monoisotopic (exact) mass is 644 g/mol. The molecule has 0 radical (unpaired) electrons. The summed E-state index contributed by atoms with van der Waals surface area (Å²) in [7, 11) is 0. The molecule has 4 aromatic carbocycles. The first kappa shape index (κ1) is 30.1. The Labute approximate surface area is 278 Å². The van der Waals surface area contributed by atoms with Crippen molar-refractivity contribution in [2.75, 3.05) is 13.1 Å². The lowest BCUT2D eigenvalue weighted by molar-refractivity contribution is -0.113. The van der Waals surface area contributed by atoms with E-state index in [1.54, 1.807) is 0 Å². The molecule has 0 saturated carbocycles. The van der Waals surface area contributed by atoms with E-state index in [0.717, 1.165) is 71.3 Å². The number of para-hydroxylation sites is 1. The van der Waals surface area contributed by atoms with Crippen LogP contribution in [0.4, 0.5) is 0 Å². The van der Waals surface area contributed by atoms with Gasteiger partial charge in [-0.3, -0.25) is 4.79 Å². The number of nitrogens with zero attached hydrogens (tertiary/aromatic N) is 4. The van der Waals surface area contributed by atoms with Crippen molar-refractivity contribution in [2.24, 2.45) is 10.9 Å². The maximum absolute atomic E-state index is 13.2. The van der Waals surface area contributed by atoms with Crippen molar-refractivity contribution < 1.29 is 9.53 Å². The van der Waals surface area contributed by atoms with Crippen molar-refractivity contribution in [1.29, 1.82) is 0 Å². The standard InChI is InChI=1S/C38H33ClN4O2S/c39-34-14-8-7-11-30(34)26-45-33-17-15-29(16-18-33)36-31(25-43(41-36)32-12-5-2-6-13-32)24-35-37(44)40-38(46-35)42-21-19-28(20-22-42)23-27-9-3-1-4-10-27/h1-18,24-25,28H,19-23,26H2/b35-24-. The number of halogens is 1. The van der Waals surface area contributed by atoms with Crippen LogP contribution in [0, 0.1) is 5.92 Å². The van der Waals surface area contributed by atoms with Crippen molar-refractivity contribution >= 4 is 40.5 Å². The van der Waals surface area contributed by atoms with E-state index in [2.05, 4.69) is 40.2 Å². The van der Waals surface area contributed by atoms with Crippen LogP contribution in [0.1, 0.15) is 29.5 Å². The lowest BCUT2D eigenvalue weighted by Gasteiger charge is -2.32. The topological polar surface area (TPSA) is 59.7 Å². The highest BCUT2D eigenvalue weighted by atomic mass is 35.5. The van der Waals surface area contributed by atoms with Crippen LogP contribution in [0.25, 0.3) is 23.0 Å². The zero-order chi connectivity index (χ0) is 31.3. The van der Waals surface area contributed by atoms with E-state index in [0.29, 0.717) is 22.5 Å². The van der Waals surface area contributed by atoms with Gasteiger partial charge in [0.1, 0.15) is 12.4 Å². The Hall–Kier alpha value is -4.59. The summed E-state index contributed by atoms with van der Waals surface area (Å²) in [6, 6.07) is 36.2. The van der Waals surface area contributed by atoms with E-state index in [1.807, 2.05) is 95.8 Å². The van der Waals surface area contributed by atoms with Crippen molar-refractivity contribution in [1.82, 2.24) is 14.7 Å². The number of rotatable bonds is 8. The lowest BCUT2D eigenvalue weighted by Crippen LogP contribution is -2.37. The first-order valence-electron chi connectivity index (χ1n) is 15.5. The van der Waals surface area contributed by atoms with Gasteiger partial charge in [0.05, 0.1) is 16.3 Å². The summed E-state index contributed by atoms with van der Waals surface area (Å²) in [6.07, 6.45) is 7.18. The fraction of sp³-hybridized carbons (Fsp3) is 0.184. The number of carbonyl (C=O) groups excluding carboxylic acids is 1. The maximum atomic E-state index is 13.2. The zero-order valence-corrected chi connectivity index (χ0v) is 26.8. The first-order chi connectivity index (χ1) is 22.6.